The molecule has 1 heterocycles. The topological polar surface area (TPSA) is 73.2 Å². The SMILES string of the molecule is O=C(NCCOCC(F)(F)F)c1ccc(=O)n(-c2ccccc2)n1. The average molecular weight is 341 g/mol. The Balaban J connectivity index is 1.97. The average Bonchev–Trinajstić information content (AvgIpc) is 2.54. The molecule has 0 bridgehead atoms. The minimum Gasteiger partial charge on any atom is -0.370 e. The van der Waals surface area contributed by atoms with E-state index in [-0.39, 0.29) is 18.8 Å². The molecule has 0 unspecified atom stereocenters. The van der Waals surface area contributed by atoms with Crippen molar-refractivity contribution in [1.29, 1.82) is 0 Å². The zero-order valence-corrected chi connectivity index (χ0v) is 12.4. The van der Waals surface area contributed by atoms with E-state index in [1.165, 1.54) is 12.1 Å². The Morgan fingerprint density at radius 2 is 1.88 bits per heavy atom. The van der Waals surface area contributed by atoms with Crippen molar-refractivity contribution in [2.75, 3.05) is 19.8 Å². The van der Waals surface area contributed by atoms with Crippen LogP contribution in [-0.4, -0.2) is 41.6 Å². The van der Waals surface area contributed by atoms with Crippen LogP contribution in [0.3, 0.4) is 0 Å². The van der Waals surface area contributed by atoms with Gasteiger partial charge in [-0.1, -0.05) is 18.2 Å². The fourth-order valence-electron chi connectivity index (χ4n) is 1.80. The lowest BCUT2D eigenvalue weighted by molar-refractivity contribution is -0.173. The zero-order valence-electron chi connectivity index (χ0n) is 12.4. The van der Waals surface area contributed by atoms with Gasteiger partial charge in [0.2, 0.25) is 0 Å². The number of amides is 1. The first-order valence-corrected chi connectivity index (χ1v) is 6.95. The Bertz CT molecular complexity index is 745. The largest absolute Gasteiger partial charge is 0.411 e. The molecule has 1 amide bonds. The number of ether oxygens (including phenoxy) is 1. The highest BCUT2D eigenvalue weighted by Gasteiger charge is 2.27. The molecule has 0 spiro atoms. The summed E-state index contributed by atoms with van der Waals surface area (Å²) in [4.78, 5) is 23.8. The van der Waals surface area contributed by atoms with Crippen molar-refractivity contribution in [3.05, 3.63) is 58.5 Å². The van der Waals surface area contributed by atoms with Gasteiger partial charge in [-0.25, -0.2) is 0 Å². The molecular weight excluding hydrogens is 327 g/mol. The predicted molar refractivity (Wildman–Crippen MR) is 79.0 cm³/mol. The number of rotatable bonds is 6. The molecule has 0 radical (unpaired) electrons. The van der Waals surface area contributed by atoms with E-state index in [0.717, 1.165) is 4.68 Å². The number of benzene rings is 1. The van der Waals surface area contributed by atoms with Crippen LogP contribution in [0.25, 0.3) is 5.69 Å². The van der Waals surface area contributed by atoms with Gasteiger partial charge in [0, 0.05) is 12.6 Å². The number of alkyl halides is 3. The first-order chi connectivity index (χ1) is 11.4. The lowest BCUT2D eigenvalue weighted by atomic mass is 10.3. The number of aromatic nitrogens is 2. The molecule has 1 aromatic heterocycles. The van der Waals surface area contributed by atoms with Crippen LogP contribution in [0.15, 0.2) is 47.3 Å². The molecule has 0 aliphatic carbocycles. The zero-order chi connectivity index (χ0) is 17.6. The fraction of sp³-hybridized carbons (Fsp3) is 0.267. The fourth-order valence-corrected chi connectivity index (χ4v) is 1.80. The van der Waals surface area contributed by atoms with E-state index < -0.39 is 24.2 Å². The molecule has 24 heavy (non-hydrogen) atoms. The number of hydrogen-bond donors (Lipinski definition) is 1. The van der Waals surface area contributed by atoms with E-state index in [2.05, 4.69) is 15.2 Å². The molecule has 9 heteroatoms. The normalized spacial score (nSPS) is 11.3. The maximum absolute atomic E-state index is 11.9. The quantitative estimate of drug-likeness (QED) is 0.809. The lowest BCUT2D eigenvalue weighted by Crippen LogP contribution is -2.31. The summed E-state index contributed by atoms with van der Waals surface area (Å²) in [6.45, 7) is -1.77. The third kappa shape index (κ3) is 5.20. The number of nitrogens with zero attached hydrogens (tertiary/aromatic N) is 2. The van der Waals surface area contributed by atoms with E-state index in [1.54, 1.807) is 30.3 Å². The first kappa shape index (κ1) is 17.7. The Hall–Kier alpha value is -2.68. The standard InChI is InChI=1S/C15H14F3N3O3/c16-15(17,18)10-24-9-8-19-14(23)12-6-7-13(22)21(20-12)11-4-2-1-3-5-11/h1-7H,8-10H2,(H,19,23). The summed E-state index contributed by atoms with van der Waals surface area (Å²) in [5, 5.41) is 6.33. The summed E-state index contributed by atoms with van der Waals surface area (Å²) in [5.74, 6) is -0.615. The van der Waals surface area contributed by atoms with Crippen LogP contribution in [0.1, 0.15) is 10.5 Å². The molecule has 1 N–H and O–H groups in total. The molecule has 0 aliphatic heterocycles. The summed E-state index contributed by atoms with van der Waals surface area (Å²) < 4.78 is 41.1. The highest BCUT2D eigenvalue weighted by Crippen LogP contribution is 2.13. The minimum absolute atomic E-state index is 0.0331. The third-order valence-electron chi connectivity index (χ3n) is 2.83. The van der Waals surface area contributed by atoms with Crippen molar-refractivity contribution in [1.82, 2.24) is 15.1 Å². The van der Waals surface area contributed by atoms with Crippen molar-refractivity contribution in [3.63, 3.8) is 0 Å². The van der Waals surface area contributed by atoms with E-state index in [1.807, 2.05) is 0 Å². The monoisotopic (exact) mass is 341 g/mol. The van der Waals surface area contributed by atoms with Gasteiger partial charge in [0.15, 0.2) is 0 Å². The van der Waals surface area contributed by atoms with E-state index in [0.29, 0.717) is 5.69 Å². The molecule has 0 aliphatic rings. The molecule has 0 fully saturated rings. The van der Waals surface area contributed by atoms with Crippen LogP contribution < -0.4 is 10.9 Å². The van der Waals surface area contributed by atoms with Crippen molar-refractivity contribution in [2.24, 2.45) is 0 Å². The minimum atomic E-state index is -4.41. The lowest BCUT2D eigenvalue weighted by Gasteiger charge is -2.09. The van der Waals surface area contributed by atoms with Crippen molar-refractivity contribution in [2.45, 2.75) is 6.18 Å². The number of carbonyl (C=O) groups excluding carboxylic acids is 1. The molecule has 128 valence electrons. The number of para-hydroxylation sites is 1. The maximum Gasteiger partial charge on any atom is 0.411 e. The summed E-state index contributed by atoms with van der Waals surface area (Å²) in [6.07, 6.45) is -4.41. The number of hydrogen-bond acceptors (Lipinski definition) is 4. The van der Waals surface area contributed by atoms with Gasteiger partial charge in [-0.05, 0) is 18.2 Å². The van der Waals surface area contributed by atoms with Gasteiger partial charge in [0.25, 0.3) is 11.5 Å². The second-order valence-electron chi connectivity index (χ2n) is 4.73. The number of nitrogens with one attached hydrogen (secondary N) is 1. The van der Waals surface area contributed by atoms with Gasteiger partial charge in [-0.15, -0.1) is 0 Å². The van der Waals surface area contributed by atoms with Gasteiger partial charge in [0.1, 0.15) is 12.3 Å². The van der Waals surface area contributed by atoms with Gasteiger partial charge >= 0.3 is 6.18 Å². The molecule has 0 saturated heterocycles. The van der Waals surface area contributed by atoms with E-state index in [4.69, 9.17) is 0 Å². The highest BCUT2D eigenvalue weighted by atomic mass is 19.4. The van der Waals surface area contributed by atoms with Crippen molar-refractivity contribution >= 4 is 5.91 Å². The predicted octanol–water partition coefficient (Wildman–Crippen LogP) is 1.54. The third-order valence-corrected chi connectivity index (χ3v) is 2.83. The molecule has 0 saturated carbocycles. The van der Waals surface area contributed by atoms with Gasteiger partial charge in [-0.3, -0.25) is 9.59 Å². The van der Waals surface area contributed by atoms with Crippen LogP contribution in [-0.2, 0) is 4.74 Å². The Morgan fingerprint density at radius 3 is 2.54 bits per heavy atom. The summed E-state index contributed by atoms with van der Waals surface area (Å²) in [7, 11) is 0. The summed E-state index contributed by atoms with van der Waals surface area (Å²) in [6, 6.07) is 10.9. The van der Waals surface area contributed by atoms with Gasteiger partial charge in [0.05, 0.1) is 12.3 Å². The van der Waals surface area contributed by atoms with Crippen LogP contribution in [0.4, 0.5) is 13.2 Å². The first-order valence-electron chi connectivity index (χ1n) is 6.95. The van der Waals surface area contributed by atoms with Gasteiger partial charge < -0.3 is 10.1 Å². The van der Waals surface area contributed by atoms with E-state index in [9.17, 15) is 22.8 Å². The second kappa shape index (κ2) is 7.73. The Kier molecular flexibility index (Phi) is 5.69. The maximum atomic E-state index is 11.9. The van der Waals surface area contributed by atoms with Crippen LogP contribution in [0.2, 0.25) is 0 Å². The number of halogens is 3. The summed E-state index contributed by atoms with van der Waals surface area (Å²) in [5.41, 5.74) is 0.0474. The molecule has 2 rings (SSSR count). The Morgan fingerprint density at radius 1 is 1.17 bits per heavy atom. The molecule has 2 aromatic rings. The molecular formula is C15H14F3N3O3. The van der Waals surface area contributed by atoms with Crippen molar-refractivity contribution < 1.29 is 22.7 Å². The molecule has 6 nitrogen and oxygen atoms in total. The van der Waals surface area contributed by atoms with E-state index >= 15 is 0 Å². The summed E-state index contributed by atoms with van der Waals surface area (Å²) >= 11 is 0. The molecule has 1 aromatic carbocycles. The number of carbonyl (C=O) groups is 1. The van der Waals surface area contributed by atoms with Crippen LogP contribution in [0, 0.1) is 0 Å². The van der Waals surface area contributed by atoms with Crippen molar-refractivity contribution in [3.8, 4) is 5.69 Å². The Labute approximate surface area is 134 Å². The van der Waals surface area contributed by atoms with Crippen LogP contribution in [0.5, 0.6) is 0 Å². The second-order valence-corrected chi connectivity index (χ2v) is 4.73. The van der Waals surface area contributed by atoms with Gasteiger partial charge in [-0.2, -0.15) is 23.0 Å². The smallest absolute Gasteiger partial charge is 0.370 e. The van der Waals surface area contributed by atoms with Crippen LogP contribution >= 0.6 is 0 Å². The molecule has 0 atom stereocenters. The highest BCUT2D eigenvalue weighted by molar-refractivity contribution is 5.92.